The second-order valence-corrected chi connectivity index (χ2v) is 5.40. The number of fused-ring (bicyclic) bond motifs is 1. The fraction of sp³-hybridized carbons (Fsp3) is 0.467. The van der Waals surface area contributed by atoms with E-state index in [4.69, 9.17) is 10.00 Å². The van der Waals surface area contributed by atoms with Gasteiger partial charge in [0.15, 0.2) is 0 Å². The molecule has 2 heterocycles. The van der Waals surface area contributed by atoms with Crippen LogP contribution in [0.15, 0.2) is 18.2 Å². The summed E-state index contributed by atoms with van der Waals surface area (Å²) in [7, 11) is 1.82. The molecule has 0 radical (unpaired) electrons. The molecule has 0 atom stereocenters. The van der Waals surface area contributed by atoms with Crippen LogP contribution in [0.3, 0.4) is 0 Å². The summed E-state index contributed by atoms with van der Waals surface area (Å²) in [5.74, 6) is 0.166. The van der Waals surface area contributed by atoms with Gasteiger partial charge in [-0.2, -0.15) is 5.26 Å². The molecule has 3 rings (SSSR count). The van der Waals surface area contributed by atoms with E-state index in [1.165, 1.54) is 11.1 Å². The second kappa shape index (κ2) is 4.36. The average molecular weight is 256 g/mol. The Balaban J connectivity index is 1.98. The monoisotopic (exact) mass is 256 g/mol. The molecule has 0 bridgehead atoms. The molecule has 1 saturated heterocycles. The minimum atomic E-state index is -0.135. The number of amides is 1. The predicted molar refractivity (Wildman–Crippen MR) is 70.9 cm³/mol. The molecule has 0 N–H and O–H groups in total. The molecule has 4 nitrogen and oxygen atoms in total. The summed E-state index contributed by atoms with van der Waals surface area (Å²) < 4.78 is 5.31. The highest BCUT2D eigenvalue weighted by Crippen LogP contribution is 2.38. The first-order valence-corrected chi connectivity index (χ1v) is 6.51. The maximum absolute atomic E-state index is 11.7. The van der Waals surface area contributed by atoms with Crippen LogP contribution in [0, 0.1) is 11.3 Å². The van der Waals surface area contributed by atoms with Crippen molar-refractivity contribution in [3.05, 3.63) is 29.3 Å². The number of nitrogens with zero attached hydrogens (tertiary/aromatic N) is 2. The van der Waals surface area contributed by atoms with E-state index in [1.807, 2.05) is 19.2 Å². The second-order valence-electron chi connectivity index (χ2n) is 5.40. The summed E-state index contributed by atoms with van der Waals surface area (Å²) in [6, 6.07) is 8.45. The zero-order valence-electron chi connectivity index (χ0n) is 11.0. The van der Waals surface area contributed by atoms with Crippen LogP contribution in [0.25, 0.3) is 0 Å². The van der Waals surface area contributed by atoms with Crippen molar-refractivity contribution < 1.29 is 9.53 Å². The number of carbonyl (C=O) groups is 1. The van der Waals surface area contributed by atoms with Gasteiger partial charge in [-0.15, -0.1) is 0 Å². The average Bonchev–Trinajstić information content (AvgIpc) is 2.38. The minimum Gasteiger partial charge on any atom is -0.379 e. The number of rotatable bonds is 2. The third kappa shape index (κ3) is 1.82. The van der Waals surface area contributed by atoms with Crippen LogP contribution in [-0.4, -0.2) is 26.2 Å². The summed E-state index contributed by atoms with van der Waals surface area (Å²) in [4.78, 5) is 13.4. The molecule has 2 aliphatic rings. The van der Waals surface area contributed by atoms with Gasteiger partial charge >= 0.3 is 0 Å². The van der Waals surface area contributed by atoms with Gasteiger partial charge in [-0.25, -0.2) is 0 Å². The van der Waals surface area contributed by atoms with Gasteiger partial charge in [0, 0.05) is 25.6 Å². The van der Waals surface area contributed by atoms with E-state index in [9.17, 15) is 4.79 Å². The lowest BCUT2D eigenvalue weighted by atomic mass is 9.75. The molecular formula is C15H16N2O2. The van der Waals surface area contributed by atoms with E-state index in [2.05, 4.69) is 12.1 Å². The predicted octanol–water partition coefficient (Wildman–Crippen LogP) is 1.78. The largest absolute Gasteiger partial charge is 0.379 e. The van der Waals surface area contributed by atoms with Gasteiger partial charge in [0.1, 0.15) is 0 Å². The first kappa shape index (κ1) is 12.2. The Labute approximate surface area is 112 Å². The Hall–Kier alpha value is -1.86. The Morgan fingerprint density at radius 1 is 1.42 bits per heavy atom. The molecule has 4 heteroatoms. The van der Waals surface area contributed by atoms with E-state index in [0.29, 0.717) is 26.1 Å². The topological polar surface area (TPSA) is 53.3 Å². The summed E-state index contributed by atoms with van der Waals surface area (Å²) in [5, 5.41) is 8.98. The van der Waals surface area contributed by atoms with E-state index in [-0.39, 0.29) is 11.3 Å². The number of benzene rings is 1. The van der Waals surface area contributed by atoms with Gasteiger partial charge in [0.2, 0.25) is 5.91 Å². The molecule has 1 amide bonds. The van der Waals surface area contributed by atoms with Crippen molar-refractivity contribution in [3.63, 3.8) is 0 Å². The fourth-order valence-corrected chi connectivity index (χ4v) is 2.86. The highest BCUT2D eigenvalue weighted by Gasteiger charge is 2.40. The van der Waals surface area contributed by atoms with E-state index in [0.717, 1.165) is 12.1 Å². The molecule has 1 aromatic carbocycles. The van der Waals surface area contributed by atoms with Crippen molar-refractivity contribution in [2.45, 2.75) is 24.7 Å². The van der Waals surface area contributed by atoms with Crippen LogP contribution >= 0.6 is 0 Å². The fourth-order valence-electron chi connectivity index (χ4n) is 2.86. The van der Waals surface area contributed by atoms with Crippen LogP contribution in [-0.2, 0) is 21.4 Å². The highest BCUT2D eigenvalue weighted by molar-refractivity contribution is 5.95. The number of carbonyl (C=O) groups excluding carboxylic acids is 1. The van der Waals surface area contributed by atoms with Crippen molar-refractivity contribution >= 4 is 11.6 Å². The van der Waals surface area contributed by atoms with Crippen molar-refractivity contribution in [3.8, 4) is 6.07 Å². The molecule has 19 heavy (non-hydrogen) atoms. The zero-order chi connectivity index (χ0) is 13.5. The molecule has 0 spiro atoms. The van der Waals surface area contributed by atoms with Crippen molar-refractivity contribution in [2.75, 3.05) is 25.2 Å². The van der Waals surface area contributed by atoms with Crippen LogP contribution in [0.4, 0.5) is 5.69 Å². The smallest absolute Gasteiger partial charge is 0.227 e. The van der Waals surface area contributed by atoms with Crippen LogP contribution in [0.2, 0.25) is 0 Å². The van der Waals surface area contributed by atoms with Gasteiger partial charge in [0.05, 0.1) is 24.7 Å². The molecule has 0 aromatic heterocycles. The first-order chi connectivity index (χ1) is 9.16. The van der Waals surface area contributed by atoms with Gasteiger partial charge < -0.3 is 9.64 Å². The van der Waals surface area contributed by atoms with Crippen molar-refractivity contribution in [2.24, 2.45) is 0 Å². The van der Waals surface area contributed by atoms with Crippen LogP contribution < -0.4 is 4.90 Å². The Bertz CT molecular complexity index is 570. The van der Waals surface area contributed by atoms with Crippen LogP contribution in [0.1, 0.15) is 24.0 Å². The molecule has 2 aliphatic heterocycles. The standard InChI is InChI=1S/C15H16N2O2/c1-17-13-4-3-12(8-11(13)2-5-14(17)18)15(6-7-16)9-19-10-15/h3-4,8H,2,5-6,9-10H2,1H3. The maximum Gasteiger partial charge on any atom is 0.227 e. The SMILES string of the molecule is CN1C(=O)CCc2cc(C3(CC#N)COC3)ccc21. The highest BCUT2D eigenvalue weighted by atomic mass is 16.5. The Morgan fingerprint density at radius 3 is 2.84 bits per heavy atom. The normalized spacial score (nSPS) is 20.4. The maximum atomic E-state index is 11.7. The van der Waals surface area contributed by atoms with E-state index < -0.39 is 0 Å². The zero-order valence-corrected chi connectivity index (χ0v) is 11.0. The lowest BCUT2D eigenvalue weighted by Crippen LogP contribution is -2.46. The molecule has 0 aliphatic carbocycles. The number of nitriles is 1. The molecule has 98 valence electrons. The van der Waals surface area contributed by atoms with Crippen molar-refractivity contribution in [1.29, 1.82) is 5.26 Å². The van der Waals surface area contributed by atoms with E-state index in [1.54, 1.807) is 4.90 Å². The van der Waals surface area contributed by atoms with E-state index >= 15 is 0 Å². The summed E-state index contributed by atoms with van der Waals surface area (Å²) in [6.45, 7) is 1.24. The third-order valence-corrected chi connectivity index (χ3v) is 4.21. The molecule has 0 unspecified atom stereocenters. The lowest BCUT2D eigenvalue weighted by Gasteiger charge is -2.41. The summed E-state index contributed by atoms with van der Waals surface area (Å²) >= 11 is 0. The van der Waals surface area contributed by atoms with Gasteiger partial charge in [-0.3, -0.25) is 4.79 Å². The summed E-state index contributed by atoms with van der Waals surface area (Å²) in [5.41, 5.74) is 3.22. The number of aryl methyl sites for hydroxylation is 1. The minimum absolute atomic E-state index is 0.135. The third-order valence-electron chi connectivity index (χ3n) is 4.21. The van der Waals surface area contributed by atoms with Gasteiger partial charge in [-0.1, -0.05) is 12.1 Å². The Morgan fingerprint density at radius 2 is 2.21 bits per heavy atom. The van der Waals surface area contributed by atoms with Gasteiger partial charge in [0.25, 0.3) is 0 Å². The number of anilines is 1. The summed E-state index contributed by atoms with van der Waals surface area (Å²) in [6.07, 6.45) is 1.84. The molecular weight excluding hydrogens is 240 g/mol. The Kier molecular flexibility index (Phi) is 2.79. The first-order valence-electron chi connectivity index (χ1n) is 6.51. The quantitative estimate of drug-likeness (QED) is 0.810. The number of hydrogen-bond donors (Lipinski definition) is 0. The van der Waals surface area contributed by atoms with Crippen LogP contribution in [0.5, 0.6) is 0 Å². The number of ether oxygens (including phenoxy) is 1. The molecule has 1 fully saturated rings. The molecule has 0 saturated carbocycles. The van der Waals surface area contributed by atoms with Crippen molar-refractivity contribution in [1.82, 2.24) is 0 Å². The number of hydrogen-bond acceptors (Lipinski definition) is 3. The molecule has 1 aromatic rings. The lowest BCUT2D eigenvalue weighted by molar-refractivity contribution is -0.118. The van der Waals surface area contributed by atoms with Gasteiger partial charge in [-0.05, 0) is 23.6 Å².